The minimum Gasteiger partial charge on any atom is -0.466 e. The van der Waals surface area contributed by atoms with Gasteiger partial charge in [0.1, 0.15) is 0 Å². The molecule has 0 aliphatic rings. The van der Waals surface area contributed by atoms with E-state index in [0.717, 1.165) is 23.8 Å². The summed E-state index contributed by atoms with van der Waals surface area (Å²) in [5.74, 6) is -0.224. The van der Waals surface area contributed by atoms with Crippen LogP contribution in [0.1, 0.15) is 39.0 Å². The lowest BCUT2D eigenvalue weighted by Gasteiger charge is -2.07. The molecule has 0 radical (unpaired) electrons. The molecule has 23 heavy (non-hydrogen) atoms. The second-order valence-corrected chi connectivity index (χ2v) is 5.46. The van der Waals surface area contributed by atoms with Crippen LogP contribution in [-0.2, 0) is 16.1 Å². The maximum absolute atomic E-state index is 12.3. The fourth-order valence-electron chi connectivity index (χ4n) is 2.40. The van der Waals surface area contributed by atoms with Gasteiger partial charge in [-0.1, -0.05) is 31.9 Å². The van der Waals surface area contributed by atoms with Crippen molar-refractivity contribution in [2.75, 3.05) is 6.61 Å². The van der Waals surface area contributed by atoms with Gasteiger partial charge in [0.05, 0.1) is 17.5 Å². The van der Waals surface area contributed by atoms with Crippen LogP contribution in [0, 0.1) is 0 Å². The lowest BCUT2D eigenvalue weighted by molar-refractivity contribution is -0.143. The van der Waals surface area contributed by atoms with E-state index >= 15 is 0 Å². The summed E-state index contributed by atoms with van der Waals surface area (Å²) in [5, 5.41) is 0.476. The Kier molecular flexibility index (Phi) is 6.14. The van der Waals surface area contributed by atoms with E-state index in [0.29, 0.717) is 23.7 Å². The third kappa shape index (κ3) is 4.55. The summed E-state index contributed by atoms with van der Waals surface area (Å²) in [4.78, 5) is 38.4. The Labute approximate surface area is 134 Å². The van der Waals surface area contributed by atoms with E-state index in [2.05, 4.69) is 11.9 Å². The van der Waals surface area contributed by atoms with Crippen LogP contribution >= 0.6 is 0 Å². The zero-order valence-electron chi connectivity index (χ0n) is 13.3. The van der Waals surface area contributed by atoms with E-state index in [9.17, 15) is 14.4 Å². The highest BCUT2D eigenvalue weighted by Crippen LogP contribution is 2.03. The predicted molar refractivity (Wildman–Crippen MR) is 88.5 cm³/mol. The Hall–Kier alpha value is -2.37. The largest absolute Gasteiger partial charge is 0.466 e. The second-order valence-electron chi connectivity index (χ2n) is 5.46. The van der Waals surface area contributed by atoms with Crippen molar-refractivity contribution < 1.29 is 9.53 Å². The fourth-order valence-corrected chi connectivity index (χ4v) is 2.40. The summed E-state index contributed by atoms with van der Waals surface area (Å²) in [7, 11) is 0. The fraction of sp³-hybridized carbons (Fsp3) is 0.471. The van der Waals surface area contributed by atoms with Crippen LogP contribution in [0.3, 0.4) is 0 Å². The monoisotopic (exact) mass is 318 g/mol. The van der Waals surface area contributed by atoms with Crippen LogP contribution in [0.5, 0.6) is 0 Å². The Morgan fingerprint density at radius 1 is 1.17 bits per heavy atom. The quantitative estimate of drug-likeness (QED) is 0.597. The van der Waals surface area contributed by atoms with Gasteiger partial charge in [0.25, 0.3) is 5.56 Å². The minimum absolute atomic E-state index is 0.212. The average molecular weight is 318 g/mol. The number of carbonyl (C=O) groups excluding carboxylic acids is 1. The van der Waals surface area contributed by atoms with Gasteiger partial charge in [-0.2, -0.15) is 0 Å². The number of unbranched alkanes of at least 4 members (excludes halogenated alkanes) is 2. The molecule has 2 rings (SSSR count). The predicted octanol–water partition coefficient (Wildman–Crippen LogP) is 2.20. The molecule has 0 unspecified atom stereocenters. The lowest BCUT2D eigenvalue weighted by atomic mass is 10.2. The number of rotatable bonds is 8. The van der Waals surface area contributed by atoms with Gasteiger partial charge in [-0.25, -0.2) is 4.79 Å². The normalized spacial score (nSPS) is 10.8. The number of esters is 1. The first kappa shape index (κ1) is 17.0. The number of nitrogens with zero attached hydrogens (tertiary/aromatic N) is 1. The van der Waals surface area contributed by atoms with Crippen molar-refractivity contribution in [3.63, 3.8) is 0 Å². The first-order valence-corrected chi connectivity index (χ1v) is 8.01. The molecule has 0 bridgehead atoms. The smallest absolute Gasteiger partial charge is 0.328 e. The van der Waals surface area contributed by atoms with Crippen molar-refractivity contribution in [3.05, 3.63) is 45.1 Å². The molecule has 124 valence electrons. The number of hydrogen-bond donors (Lipinski definition) is 1. The molecule has 6 nitrogen and oxygen atoms in total. The summed E-state index contributed by atoms with van der Waals surface area (Å²) < 4.78 is 6.26. The number of H-pyrrole nitrogens is 1. The van der Waals surface area contributed by atoms with Crippen molar-refractivity contribution in [1.29, 1.82) is 0 Å². The third-order valence-electron chi connectivity index (χ3n) is 3.66. The van der Waals surface area contributed by atoms with Gasteiger partial charge >= 0.3 is 11.7 Å². The Balaban J connectivity index is 1.91. The highest BCUT2D eigenvalue weighted by atomic mass is 16.5. The van der Waals surface area contributed by atoms with E-state index < -0.39 is 5.69 Å². The highest BCUT2D eigenvalue weighted by Gasteiger charge is 2.07. The second kappa shape index (κ2) is 8.31. The number of hydrogen-bond acceptors (Lipinski definition) is 4. The SMILES string of the molecule is CCCCCC(=O)OCCCn1c(=O)[nH]c2ccccc2c1=O. The number of carbonyl (C=O) groups is 1. The number of aromatic amines is 1. The molecule has 0 aliphatic heterocycles. The molecule has 0 atom stereocenters. The molecule has 1 N–H and O–H groups in total. The average Bonchev–Trinajstić information content (AvgIpc) is 2.54. The summed E-state index contributed by atoms with van der Waals surface area (Å²) in [6.45, 7) is 2.51. The van der Waals surface area contributed by atoms with Gasteiger partial charge < -0.3 is 9.72 Å². The molecule has 1 aromatic heterocycles. The summed E-state index contributed by atoms with van der Waals surface area (Å²) >= 11 is 0. The molecule has 6 heteroatoms. The van der Waals surface area contributed by atoms with Gasteiger partial charge in [0.2, 0.25) is 0 Å². The molecular weight excluding hydrogens is 296 g/mol. The van der Waals surface area contributed by atoms with E-state index in [1.54, 1.807) is 24.3 Å². The van der Waals surface area contributed by atoms with Crippen molar-refractivity contribution >= 4 is 16.9 Å². The zero-order valence-corrected chi connectivity index (χ0v) is 13.3. The molecule has 0 saturated carbocycles. The Morgan fingerprint density at radius 3 is 2.74 bits per heavy atom. The van der Waals surface area contributed by atoms with Crippen LogP contribution < -0.4 is 11.2 Å². The van der Waals surface area contributed by atoms with Crippen molar-refractivity contribution in [2.24, 2.45) is 0 Å². The third-order valence-corrected chi connectivity index (χ3v) is 3.66. The van der Waals surface area contributed by atoms with Gasteiger partial charge in [0, 0.05) is 13.0 Å². The first-order valence-electron chi connectivity index (χ1n) is 8.01. The first-order chi connectivity index (χ1) is 11.1. The minimum atomic E-state index is -0.442. The van der Waals surface area contributed by atoms with Gasteiger partial charge in [0.15, 0.2) is 0 Å². The number of aromatic nitrogens is 2. The number of nitrogens with one attached hydrogen (secondary N) is 1. The number of benzene rings is 1. The molecule has 0 fully saturated rings. The van der Waals surface area contributed by atoms with E-state index in [-0.39, 0.29) is 24.7 Å². The maximum atomic E-state index is 12.3. The van der Waals surface area contributed by atoms with Crippen LogP contribution in [0.4, 0.5) is 0 Å². The number of fused-ring (bicyclic) bond motifs is 1. The van der Waals surface area contributed by atoms with E-state index in [4.69, 9.17) is 4.74 Å². The molecule has 0 amide bonds. The van der Waals surface area contributed by atoms with Crippen LogP contribution in [0.2, 0.25) is 0 Å². The Morgan fingerprint density at radius 2 is 1.96 bits per heavy atom. The van der Waals surface area contributed by atoms with Crippen LogP contribution in [0.15, 0.2) is 33.9 Å². The van der Waals surface area contributed by atoms with Crippen LogP contribution in [0.25, 0.3) is 10.9 Å². The number of para-hydroxylation sites is 1. The van der Waals surface area contributed by atoms with Gasteiger partial charge in [-0.05, 0) is 25.0 Å². The summed E-state index contributed by atoms with van der Waals surface area (Å²) in [6, 6.07) is 6.89. The van der Waals surface area contributed by atoms with Crippen molar-refractivity contribution in [1.82, 2.24) is 9.55 Å². The van der Waals surface area contributed by atoms with Gasteiger partial charge in [-0.3, -0.25) is 14.2 Å². The zero-order chi connectivity index (χ0) is 16.7. The van der Waals surface area contributed by atoms with Crippen molar-refractivity contribution in [3.8, 4) is 0 Å². The topological polar surface area (TPSA) is 81.2 Å². The molecule has 0 saturated heterocycles. The van der Waals surface area contributed by atoms with Crippen LogP contribution in [-0.4, -0.2) is 22.1 Å². The molecule has 2 aromatic rings. The molecule has 1 heterocycles. The van der Waals surface area contributed by atoms with E-state index in [1.807, 2.05) is 0 Å². The lowest BCUT2D eigenvalue weighted by Crippen LogP contribution is -2.35. The molecular formula is C17H22N2O4. The number of ether oxygens (including phenoxy) is 1. The summed E-state index contributed by atoms with van der Waals surface area (Å²) in [5.41, 5.74) is -0.234. The van der Waals surface area contributed by atoms with E-state index in [1.165, 1.54) is 0 Å². The maximum Gasteiger partial charge on any atom is 0.328 e. The summed E-state index contributed by atoms with van der Waals surface area (Å²) in [6.07, 6.45) is 3.75. The Bertz CT molecular complexity index is 776. The molecule has 0 spiro atoms. The highest BCUT2D eigenvalue weighted by molar-refractivity contribution is 5.76. The molecule has 0 aliphatic carbocycles. The standard InChI is InChI=1S/C17H22N2O4/c1-2-3-4-10-15(20)23-12-7-11-19-16(21)13-8-5-6-9-14(13)18-17(19)22/h5-6,8-9H,2-4,7,10-12H2,1H3,(H,18,22). The molecule has 1 aromatic carbocycles. The van der Waals surface area contributed by atoms with Crippen molar-refractivity contribution in [2.45, 2.75) is 45.6 Å². The van der Waals surface area contributed by atoms with Gasteiger partial charge in [-0.15, -0.1) is 0 Å².